The number of unbranched alkanes of at least 4 members (excludes halogenated alkanes) is 6. The number of hydrogen-bond acceptors (Lipinski definition) is 5. The van der Waals surface area contributed by atoms with Gasteiger partial charge in [-0.1, -0.05) is 67.8 Å². The third kappa shape index (κ3) is 11.5. The fourth-order valence-electron chi connectivity index (χ4n) is 5.22. The van der Waals surface area contributed by atoms with Crippen LogP contribution in [0, 0.1) is 0 Å². The van der Waals surface area contributed by atoms with Gasteiger partial charge in [0.05, 0.1) is 0 Å². The maximum atomic E-state index is 12.3. The van der Waals surface area contributed by atoms with Crippen LogP contribution in [0.3, 0.4) is 0 Å². The molecule has 0 radical (unpaired) electrons. The number of ether oxygens (including phenoxy) is 1. The highest BCUT2D eigenvalue weighted by Gasteiger charge is 2.28. The van der Waals surface area contributed by atoms with Gasteiger partial charge in [-0.25, -0.2) is 4.79 Å². The van der Waals surface area contributed by atoms with Crippen LogP contribution < -0.4 is 16.0 Å². The molecule has 0 unspecified atom stereocenters. The lowest BCUT2D eigenvalue weighted by Gasteiger charge is -2.14. The second-order valence-electron chi connectivity index (χ2n) is 10.8. The van der Waals surface area contributed by atoms with E-state index in [2.05, 4.69) is 40.2 Å². The van der Waals surface area contributed by atoms with Crippen LogP contribution in [0.25, 0.3) is 11.1 Å². The van der Waals surface area contributed by atoms with Crippen LogP contribution in [0.4, 0.5) is 4.79 Å². The Hall–Kier alpha value is -3.88. The van der Waals surface area contributed by atoms with Gasteiger partial charge in [0.2, 0.25) is 11.8 Å². The minimum absolute atomic E-state index is 0.0189. The molecule has 0 atom stereocenters. The number of benzene rings is 2. The summed E-state index contributed by atoms with van der Waals surface area (Å²) in [6.45, 7) is 1.99. The Morgan fingerprint density at radius 1 is 0.595 bits per heavy atom. The topological polar surface area (TPSA) is 134 Å². The summed E-state index contributed by atoms with van der Waals surface area (Å²) >= 11 is 0. The molecular formula is C33H45N3O6. The molecule has 3 amide bonds. The number of hydrogen-bond donors (Lipinski definition) is 4. The van der Waals surface area contributed by atoms with Crippen molar-refractivity contribution >= 4 is 23.9 Å². The smallest absolute Gasteiger partial charge is 0.407 e. The van der Waals surface area contributed by atoms with E-state index in [1.54, 1.807) is 0 Å². The van der Waals surface area contributed by atoms with Gasteiger partial charge in [0.15, 0.2) is 0 Å². The van der Waals surface area contributed by atoms with Gasteiger partial charge in [-0.05, 0) is 60.8 Å². The van der Waals surface area contributed by atoms with E-state index in [9.17, 15) is 19.2 Å². The number of carboxylic acids is 1. The molecule has 1 aliphatic carbocycles. The standard InChI is InChI=1S/C33H45N3O6/c37-30(35-22-12-3-6-20-32(39)40)18-4-1-11-21-34-31(38)19-5-2-13-23-36-33(41)42-24-29-27-16-9-7-14-25(27)26-15-8-10-17-28(26)29/h7-10,14-17,29H,1-6,11-13,18-24H2,(H,34,38)(H,35,37)(H,36,41)(H,39,40). The number of carbonyl (C=O) groups is 4. The number of fused-ring (bicyclic) bond motifs is 3. The molecule has 0 aliphatic heterocycles. The maximum absolute atomic E-state index is 12.3. The molecule has 1 aliphatic rings. The van der Waals surface area contributed by atoms with Gasteiger partial charge in [0.25, 0.3) is 0 Å². The van der Waals surface area contributed by atoms with Crippen LogP contribution in [0.15, 0.2) is 48.5 Å². The summed E-state index contributed by atoms with van der Waals surface area (Å²) in [5, 5.41) is 17.2. The van der Waals surface area contributed by atoms with E-state index >= 15 is 0 Å². The van der Waals surface area contributed by atoms with Crippen molar-refractivity contribution in [3.63, 3.8) is 0 Å². The van der Waals surface area contributed by atoms with Crippen molar-refractivity contribution in [3.05, 3.63) is 59.7 Å². The van der Waals surface area contributed by atoms with Gasteiger partial charge in [-0.2, -0.15) is 0 Å². The number of carboxylic acid groups (broad SMARTS) is 1. The second kappa shape index (κ2) is 18.5. The molecule has 228 valence electrons. The number of carbonyl (C=O) groups excluding carboxylic acids is 3. The summed E-state index contributed by atoms with van der Waals surface area (Å²) < 4.78 is 5.55. The molecule has 2 aromatic rings. The lowest BCUT2D eigenvalue weighted by molar-refractivity contribution is -0.137. The molecule has 0 fully saturated rings. The van der Waals surface area contributed by atoms with E-state index < -0.39 is 12.1 Å². The zero-order chi connectivity index (χ0) is 30.0. The van der Waals surface area contributed by atoms with Gasteiger partial charge in [-0.3, -0.25) is 14.4 Å². The van der Waals surface area contributed by atoms with Crippen molar-refractivity contribution in [2.45, 2.75) is 83.0 Å². The van der Waals surface area contributed by atoms with Gasteiger partial charge in [-0.15, -0.1) is 0 Å². The fraction of sp³-hybridized carbons (Fsp3) is 0.515. The Kier molecular flexibility index (Phi) is 14.4. The first-order valence-corrected chi connectivity index (χ1v) is 15.3. The Bertz CT molecular complexity index is 1120. The highest BCUT2D eigenvalue weighted by Crippen LogP contribution is 2.44. The minimum Gasteiger partial charge on any atom is -0.481 e. The van der Waals surface area contributed by atoms with Gasteiger partial charge in [0.1, 0.15) is 6.61 Å². The largest absolute Gasteiger partial charge is 0.481 e. The Balaban J connectivity index is 1.13. The van der Waals surface area contributed by atoms with E-state index in [0.717, 1.165) is 51.4 Å². The normalized spacial score (nSPS) is 11.8. The van der Waals surface area contributed by atoms with Crippen molar-refractivity contribution in [1.29, 1.82) is 0 Å². The first-order chi connectivity index (χ1) is 20.5. The number of amides is 3. The van der Waals surface area contributed by atoms with Crippen LogP contribution in [-0.2, 0) is 19.1 Å². The molecule has 0 saturated heterocycles. The van der Waals surface area contributed by atoms with E-state index in [1.165, 1.54) is 22.3 Å². The quantitative estimate of drug-likeness (QED) is 0.153. The van der Waals surface area contributed by atoms with Crippen LogP contribution in [0.2, 0.25) is 0 Å². The monoisotopic (exact) mass is 579 g/mol. The second-order valence-corrected chi connectivity index (χ2v) is 10.8. The molecule has 0 spiro atoms. The predicted molar refractivity (Wildman–Crippen MR) is 162 cm³/mol. The molecule has 4 N–H and O–H groups in total. The Morgan fingerprint density at radius 3 is 1.55 bits per heavy atom. The first-order valence-electron chi connectivity index (χ1n) is 15.3. The van der Waals surface area contributed by atoms with Crippen LogP contribution in [0.1, 0.15) is 94.1 Å². The molecule has 0 aromatic heterocycles. The molecular weight excluding hydrogens is 534 g/mol. The van der Waals surface area contributed by atoms with Crippen molar-refractivity contribution in [1.82, 2.24) is 16.0 Å². The zero-order valence-electron chi connectivity index (χ0n) is 24.5. The average Bonchev–Trinajstić information content (AvgIpc) is 3.30. The van der Waals surface area contributed by atoms with E-state index in [4.69, 9.17) is 9.84 Å². The Labute approximate surface area is 248 Å². The summed E-state index contributed by atoms with van der Waals surface area (Å²) in [6.07, 6.45) is 7.76. The number of alkyl carbamates (subject to hydrolysis) is 1. The molecule has 42 heavy (non-hydrogen) atoms. The highest BCUT2D eigenvalue weighted by atomic mass is 16.5. The van der Waals surface area contributed by atoms with Crippen molar-refractivity contribution < 1.29 is 29.0 Å². The molecule has 0 saturated carbocycles. The lowest BCUT2D eigenvalue weighted by Crippen LogP contribution is -2.27. The number of nitrogens with one attached hydrogen (secondary N) is 3. The fourth-order valence-corrected chi connectivity index (χ4v) is 5.22. The van der Waals surface area contributed by atoms with Crippen molar-refractivity contribution in [3.8, 4) is 11.1 Å². The minimum atomic E-state index is -0.784. The van der Waals surface area contributed by atoms with Crippen molar-refractivity contribution in [2.75, 3.05) is 26.2 Å². The van der Waals surface area contributed by atoms with Crippen LogP contribution in [0.5, 0.6) is 0 Å². The summed E-state index contributed by atoms with van der Waals surface area (Å²) in [7, 11) is 0. The van der Waals surface area contributed by atoms with E-state index in [-0.39, 0.29) is 24.2 Å². The van der Waals surface area contributed by atoms with Gasteiger partial charge >= 0.3 is 12.1 Å². The SMILES string of the molecule is O=C(O)CCCCCNC(=O)CCCCCNC(=O)CCCCCNC(=O)OCC1c2ccccc2-c2ccccc21. The van der Waals surface area contributed by atoms with Crippen molar-refractivity contribution in [2.24, 2.45) is 0 Å². The molecule has 2 aromatic carbocycles. The first kappa shape index (κ1) is 32.6. The molecule has 0 heterocycles. The summed E-state index contributed by atoms with van der Waals surface area (Å²) in [6, 6.07) is 16.5. The maximum Gasteiger partial charge on any atom is 0.407 e. The summed E-state index contributed by atoms with van der Waals surface area (Å²) in [5.74, 6) is -0.695. The van der Waals surface area contributed by atoms with Gasteiger partial charge in [0, 0.05) is 44.8 Å². The van der Waals surface area contributed by atoms with Gasteiger partial charge < -0.3 is 25.8 Å². The zero-order valence-corrected chi connectivity index (χ0v) is 24.5. The number of aliphatic carboxylic acids is 1. The van der Waals surface area contributed by atoms with E-state index in [1.807, 2.05) is 24.3 Å². The molecule has 3 rings (SSSR count). The molecule has 9 nitrogen and oxygen atoms in total. The highest BCUT2D eigenvalue weighted by molar-refractivity contribution is 5.79. The van der Waals surface area contributed by atoms with Crippen LogP contribution >= 0.6 is 0 Å². The Morgan fingerprint density at radius 2 is 1.05 bits per heavy atom. The molecule has 9 heteroatoms. The molecule has 0 bridgehead atoms. The third-order valence-corrected chi connectivity index (χ3v) is 7.49. The summed E-state index contributed by atoms with van der Waals surface area (Å²) in [4.78, 5) is 46.6. The number of rotatable bonds is 20. The predicted octanol–water partition coefficient (Wildman–Crippen LogP) is 5.52. The van der Waals surface area contributed by atoms with Crippen LogP contribution in [-0.4, -0.2) is 55.2 Å². The average molecular weight is 580 g/mol. The third-order valence-electron chi connectivity index (χ3n) is 7.49. The van der Waals surface area contributed by atoms with E-state index in [0.29, 0.717) is 45.5 Å². The summed E-state index contributed by atoms with van der Waals surface area (Å²) in [5.41, 5.74) is 4.77. The lowest BCUT2D eigenvalue weighted by atomic mass is 9.98.